The Morgan fingerprint density at radius 1 is 1.17 bits per heavy atom. The number of hydrogen-bond donors (Lipinski definition) is 0. The first-order valence-corrected chi connectivity index (χ1v) is 12.2. The minimum absolute atomic E-state index is 0.122. The molecule has 2 nitrogen and oxygen atoms in total. The lowest BCUT2D eigenvalue weighted by Crippen LogP contribution is -2.44. The maximum atomic E-state index is 6.75. The van der Waals surface area contributed by atoms with E-state index >= 15 is 0 Å². The van der Waals surface area contributed by atoms with Crippen LogP contribution >= 0.6 is 22.9 Å². The van der Waals surface area contributed by atoms with E-state index in [9.17, 15) is 0 Å². The van der Waals surface area contributed by atoms with Crippen molar-refractivity contribution in [1.82, 2.24) is 0 Å². The number of rotatable bonds is 6. The monoisotopic (exact) mass is 509 g/mol. The lowest BCUT2D eigenvalue weighted by molar-refractivity contribution is 0.00422. The molecule has 162 valence electrons. The summed E-state index contributed by atoms with van der Waals surface area (Å²) in [6.07, 6.45) is 10.3. The van der Waals surface area contributed by atoms with Crippen LogP contribution in [0.5, 0.6) is 0 Å². The van der Waals surface area contributed by atoms with Crippen LogP contribution < -0.4 is 3.11 Å². The molecular formula is C26H40INO. The van der Waals surface area contributed by atoms with Gasteiger partial charge in [0.15, 0.2) is 0 Å². The first-order chi connectivity index (χ1) is 13.7. The van der Waals surface area contributed by atoms with Gasteiger partial charge >= 0.3 is 0 Å². The lowest BCUT2D eigenvalue weighted by Gasteiger charge is -2.39. The maximum absolute atomic E-state index is 6.75. The van der Waals surface area contributed by atoms with E-state index in [4.69, 9.17) is 4.74 Å². The van der Waals surface area contributed by atoms with Crippen molar-refractivity contribution in [3.05, 3.63) is 53.6 Å². The van der Waals surface area contributed by atoms with Gasteiger partial charge in [-0.25, -0.2) is 0 Å². The summed E-state index contributed by atoms with van der Waals surface area (Å²) < 4.78 is 9.21. The largest absolute Gasteiger partial charge is 0.371 e. The third-order valence-electron chi connectivity index (χ3n) is 6.13. The average molecular weight is 510 g/mol. The molecule has 0 aromatic heterocycles. The minimum atomic E-state index is 0.122. The highest BCUT2D eigenvalue weighted by Gasteiger charge is 2.34. The summed E-state index contributed by atoms with van der Waals surface area (Å²) in [5.41, 5.74) is 4.23. The number of allylic oxidation sites excluding steroid dienone is 3. The van der Waals surface area contributed by atoms with Gasteiger partial charge in [0.2, 0.25) is 0 Å². The highest BCUT2D eigenvalue weighted by molar-refractivity contribution is 14.1. The fourth-order valence-corrected chi connectivity index (χ4v) is 5.25. The third kappa shape index (κ3) is 6.33. The van der Waals surface area contributed by atoms with Crippen LogP contribution in [0.3, 0.4) is 0 Å². The van der Waals surface area contributed by atoms with Crippen LogP contribution in [0.25, 0.3) is 0 Å². The summed E-state index contributed by atoms with van der Waals surface area (Å²) in [5, 5.41) is 0. The van der Waals surface area contributed by atoms with Gasteiger partial charge in [0.05, 0.1) is 41.6 Å². The normalized spacial score (nSPS) is 24.8. The number of benzene rings is 1. The van der Waals surface area contributed by atoms with Crippen LogP contribution in [-0.2, 0) is 4.74 Å². The Morgan fingerprint density at radius 2 is 1.86 bits per heavy atom. The molecule has 3 heteroatoms. The van der Waals surface area contributed by atoms with Crippen LogP contribution in [-0.4, -0.2) is 18.8 Å². The van der Waals surface area contributed by atoms with Gasteiger partial charge in [-0.3, -0.25) is 0 Å². The summed E-state index contributed by atoms with van der Waals surface area (Å²) in [5.74, 6) is 1.02. The second kappa shape index (κ2) is 11.0. The fraction of sp³-hybridized carbons (Fsp3) is 0.615. The van der Waals surface area contributed by atoms with Crippen LogP contribution in [0, 0.1) is 11.3 Å². The smallest absolute Gasteiger partial charge is 0.0821 e. The third-order valence-corrected chi connectivity index (χ3v) is 7.37. The molecule has 3 unspecified atom stereocenters. The molecule has 0 fully saturated rings. The Labute approximate surface area is 193 Å². The number of ether oxygens (including phenoxy) is 1. The number of para-hydroxylation sites is 1. The van der Waals surface area contributed by atoms with Gasteiger partial charge in [0, 0.05) is 5.69 Å². The van der Waals surface area contributed by atoms with Crippen LogP contribution in [0.15, 0.2) is 48.1 Å². The van der Waals surface area contributed by atoms with Crippen LogP contribution in [0.4, 0.5) is 5.69 Å². The summed E-state index contributed by atoms with van der Waals surface area (Å²) in [6, 6.07) is 9.18. The summed E-state index contributed by atoms with van der Waals surface area (Å²) in [6.45, 7) is 16.7. The van der Waals surface area contributed by atoms with Crippen molar-refractivity contribution in [3.63, 3.8) is 0 Å². The molecule has 0 radical (unpaired) electrons. The van der Waals surface area contributed by atoms with E-state index < -0.39 is 0 Å². The maximum Gasteiger partial charge on any atom is 0.0821 e. The number of anilines is 1. The van der Waals surface area contributed by atoms with Gasteiger partial charge in [0.25, 0.3) is 0 Å². The Balaban J connectivity index is 2.37. The van der Waals surface area contributed by atoms with Crippen molar-refractivity contribution < 1.29 is 4.74 Å². The zero-order valence-electron chi connectivity index (χ0n) is 19.4. The van der Waals surface area contributed by atoms with Crippen molar-refractivity contribution >= 4 is 28.6 Å². The van der Waals surface area contributed by atoms with Gasteiger partial charge in [-0.15, -0.1) is 0 Å². The summed E-state index contributed by atoms with van der Waals surface area (Å²) in [4.78, 5) is 0. The molecule has 1 aliphatic heterocycles. The molecular weight excluding hydrogens is 469 g/mol. The minimum Gasteiger partial charge on any atom is -0.371 e. The predicted octanol–water partition coefficient (Wildman–Crippen LogP) is 8.09. The Morgan fingerprint density at radius 3 is 2.45 bits per heavy atom. The van der Waals surface area contributed by atoms with Gasteiger partial charge in [-0.1, -0.05) is 91.3 Å². The highest BCUT2D eigenvalue weighted by Crippen LogP contribution is 2.37. The van der Waals surface area contributed by atoms with E-state index in [0.29, 0.717) is 24.5 Å². The summed E-state index contributed by atoms with van der Waals surface area (Å²) >= 11 is 2.53. The molecule has 2 rings (SSSR count). The molecule has 3 atom stereocenters. The van der Waals surface area contributed by atoms with Crippen molar-refractivity contribution in [3.8, 4) is 0 Å². The average Bonchev–Trinajstić information content (AvgIpc) is 2.78. The SMILES string of the molecule is CCC1C/C=C\C=C(\C(C)(C)C)COC1C(CC)N(I)c1ccccc1C(C)C. The lowest BCUT2D eigenvalue weighted by atomic mass is 9.86. The molecule has 1 heterocycles. The topological polar surface area (TPSA) is 12.5 Å². The Bertz CT molecular complexity index is 701. The van der Waals surface area contributed by atoms with E-state index in [0.717, 1.165) is 19.3 Å². The molecule has 0 amide bonds. The molecule has 0 aliphatic carbocycles. The molecule has 0 saturated heterocycles. The van der Waals surface area contributed by atoms with E-state index in [-0.39, 0.29) is 11.5 Å². The number of hydrogen-bond acceptors (Lipinski definition) is 2. The second-order valence-electron chi connectivity index (χ2n) is 9.55. The first-order valence-electron chi connectivity index (χ1n) is 11.2. The van der Waals surface area contributed by atoms with Crippen molar-refractivity contribution in [2.24, 2.45) is 11.3 Å². The fourth-order valence-electron chi connectivity index (χ4n) is 4.10. The Hall–Kier alpha value is -0.810. The molecule has 1 aromatic carbocycles. The van der Waals surface area contributed by atoms with E-state index in [1.54, 1.807) is 0 Å². The van der Waals surface area contributed by atoms with E-state index in [1.807, 2.05) is 0 Å². The van der Waals surface area contributed by atoms with E-state index in [2.05, 4.69) is 117 Å². The van der Waals surface area contributed by atoms with Gasteiger partial charge in [0.1, 0.15) is 0 Å². The Kier molecular flexibility index (Phi) is 9.27. The van der Waals surface area contributed by atoms with Gasteiger partial charge < -0.3 is 7.85 Å². The quantitative estimate of drug-likeness (QED) is 0.284. The first kappa shape index (κ1) is 24.5. The van der Waals surface area contributed by atoms with E-state index in [1.165, 1.54) is 16.8 Å². The molecule has 0 spiro atoms. The van der Waals surface area contributed by atoms with Crippen LogP contribution in [0.1, 0.15) is 79.2 Å². The second-order valence-corrected chi connectivity index (χ2v) is 10.6. The number of halogens is 1. The summed E-state index contributed by atoms with van der Waals surface area (Å²) in [7, 11) is 0. The highest BCUT2D eigenvalue weighted by atomic mass is 127. The zero-order valence-corrected chi connectivity index (χ0v) is 21.6. The predicted molar refractivity (Wildman–Crippen MR) is 136 cm³/mol. The molecule has 1 aromatic rings. The molecule has 0 saturated carbocycles. The van der Waals surface area contributed by atoms with Gasteiger partial charge in [-0.2, -0.15) is 0 Å². The molecule has 1 aliphatic rings. The molecule has 0 bridgehead atoms. The van der Waals surface area contributed by atoms with Crippen molar-refractivity contribution in [2.75, 3.05) is 9.72 Å². The molecule has 0 N–H and O–H groups in total. The number of nitrogens with zero attached hydrogens (tertiary/aromatic N) is 1. The standard InChI is InChI=1S/C26H40INO/c1-8-20-14-10-11-15-21(26(5,6)7)18-29-25(20)23(9-2)28(27)24-17-13-12-16-22(24)19(3)4/h10-13,15-17,19-20,23,25H,8-9,14,18H2,1-7H3/b11-10-,21-15+. The van der Waals surface area contributed by atoms with Crippen molar-refractivity contribution in [1.29, 1.82) is 0 Å². The molecule has 29 heavy (non-hydrogen) atoms. The van der Waals surface area contributed by atoms with Crippen molar-refractivity contribution in [2.45, 2.75) is 85.8 Å². The van der Waals surface area contributed by atoms with Crippen LogP contribution in [0.2, 0.25) is 0 Å². The zero-order chi connectivity index (χ0) is 21.6. The van der Waals surface area contributed by atoms with Gasteiger partial charge in [-0.05, 0) is 47.3 Å².